The van der Waals surface area contributed by atoms with Crippen LogP contribution in [0.15, 0.2) is 52.5 Å². The number of aromatic nitrogens is 1. The number of aryl methyl sites for hydroxylation is 1. The number of hydrogen-bond donors (Lipinski definition) is 1. The molecule has 0 aliphatic carbocycles. The summed E-state index contributed by atoms with van der Waals surface area (Å²) in [5.74, 6) is 0.803. The number of aliphatic imine (C=N–C) groups is 1. The van der Waals surface area contributed by atoms with Crippen LogP contribution < -0.4 is 5.32 Å². The fraction of sp³-hybridized carbons (Fsp3) is 0.389. The van der Waals surface area contributed by atoms with Crippen molar-refractivity contribution in [2.75, 3.05) is 26.4 Å². The number of nitrogens with zero attached hydrogens (tertiary/aromatic N) is 3. The van der Waals surface area contributed by atoms with Gasteiger partial charge < -0.3 is 14.8 Å². The second kappa shape index (κ2) is 10.9. The number of guanidine groups is 1. The van der Waals surface area contributed by atoms with Crippen molar-refractivity contribution in [2.45, 2.75) is 17.9 Å². The lowest BCUT2D eigenvalue weighted by Gasteiger charge is -2.22. The molecular formula is C18H26ClIN4O2S. The first kappa shape index (κ1) is 23.8. The largest absolute Gasteiger partial charge is 0.356 e. The van der Waals surface area contributed by atoms with Crippen molar-refractivity contribution < 1.29 is 8.42 Å². The highest BCUT2D eigenvalue weighted by atomic mass is 127. The van der Waals surface area contributed by atoms with Gasteiger partial charge in [-0.15, -0.1) is 24.0 Å². The third-order valence-corrected chi connectivity index (χ3v) is 6.05. The zero-order chi connectivity index (χ0) is 19.2. The maximum absolute atomic E-state index is 12.3. The van der Waals surface area contributed by atoms with Gasteiger partial charge in [0.05, 0.1) is 22.2 Å². The molecule has 0 aliphatic rings. The van der Waals surface area contributed by atoms with Crippen LogP contribution in [0, 0.1) is 0 Å². The SMILES string of the molecule is CN=C(NCCCS(=O)(=O)c1ccccc1)N(C)Cc1cc(Cl)cn1C.I. The van der Waals surface area contributed by atoms with Crippen LogP contribution in [0.25, 0.3) is 0 Å². The molecule has 1 aromatic heterocycles. The molecule has 1 heterocycles. The molecule has 0 spiro atoms. The number of sulfone groups is 1. The van der Waals surface area contributed by atoms with Crippen molar-refractivity contribution in [1.82, 2.24) is 14.8 Å². The van der Waals surface area contributed by atoms with Gasteiger partial charge in [0.25, 0.3) is 0 Å². The Balaban J connectivity index is 0.00000364. The summed E-state index contributed by atoms with van der Waals surface area (Å²) in [7, 11) is 2.33. The molecule has 0 aliphatic heterocycles. The van der Waals surface area contributed by atoms with Crippen molar-refractivity contribution >= 4 is 51.4 Å². The summed E-state index contributed by atoms with van der Waals surface area (Å²) in [6.45, 7) is 1.17. The van der Waals surface area contributed by atoms with Gasteiger partial charge in [-0.05, 0) is 24.6 Å². The molecule has 2 rings (SSSR count). The predicted octanol–water partition coefficient (Wildman–Crippen LogP) is 3.17. The molecule has 150 valence electrons. The van der Waals surface area contributed by atoms with Gasteiger partial charge in [0.2, 0.25) is 0 Å². The highest BCUT2D eigenvalue weighted by Crippen LogP contribution is 2.14. The number of hydrogen-bond acceptors (Lipinski definition) is 3. The molecule has 0 bridgehead atoms. The zero-order valence-electron chi connectivity index (χ0n) is 15.7. The molecule has 1 N–H and O–H groups in total. The van der Waals surface area contributed by atoms with E-state index in [4.69, 9.17) is 11.6 Å². The van der Waals surface area contributed by atoms with Crippen molar-refractivity contribution in [2.24, 2.45) is 12.0 Å². The Bertz CT molecular complexity index is 854. The maximum atomic E-state index is 12.3. The van der Waals surface area contributed by atoms with E-state index in [2.05, 4.69) is 10.3 Å². The van der Waals surface area contributed by atoms with Gasteiger partial charge in [-0.1, -0.05) is 29.8 Å². The minimum absolute atomic E-state index is 0. The Morgan fingerprint density at radius 3 is 2.52 bits per heavy atom. The summed E-state index contributed by atoms with van der Waals surface area (Å²) in [4.78, 5) is 6.59. The van der Waals surface area contributed by atoms with Gasteiger partial charge in [-0.25, -0.2) is 8.42 Å². The highest BCUT2D eigenvalue weighted by Gasteiger charge is 2.14. The van der Waals surface area contributed by atoms with Crippen LogP contribution in [0.2, 0.25) is 5.02 Å². The summed E-state index contributed by atoms with van der Waals surface area (Å²) in [6.07, 6.45) is 2.36. The quantitative estimate of drug-likeness (QED) is 0.262. The maximum Gasteiger partial charge on any atom is 0.193 e. The van der Waals surface area contributed by atoms with Gasteiger partial charge in [0.1, 0.15) is 0 Å². The average molecular weight is 525 g/mol. The molecule has 6 nitrogen and oxygen atoms in total. The summed E-state index contributed by atoms with van der Waals surface area (Å²) in [6, 6.07) is 10.4. The fourth-order valence-corrected chi connectivity index (χ4v) is 4.24. The zero-order valence-corrected chi connectivity index (χ0v) is 19.6. The van der Waals surface area contributed by atoms with Crippen molar-refractivity contribution in [3.63, 3.8) is 0 Å². The van der Waals surface area contributed by atoms with Crippen LogP contribution in [-0.4, -0.2) is 50.2 Å². The first-order chi connectivity index (χ1) is 12.3. The van der Waals surface area contributed by atoms with Crippen LogP contribution in [0.1, 0.15) is 12.1 Å². The van der Waals surface area contributed by atoms with Gasteiger partial charge in [0.15, 0.2) is 15.8 Å². The molecule has 1 aromatic carbocycles. The minimum atomic E-state index is -3.25. The normalized spacial score (nSPS) is 11.8. The third-order valence-electron chi connectivity index (χ3n) is 4.02. The second-order valence-electron chi connectivity index (χ2n) is 6.08. The van der Waals surface area contributed by atoms with Crippen LogP contribution in [0.4, 0.5) is 0 Å². The number of benzene rings is 1. The second-order valence-corrected chi connectivity index (χ2v) is 8.62. The molecule has 0 atom stereocenters. The van der Waals surface area contributed by atoms with Crippen molar-refractivity contribution in [3.05, 3.63) is 53.3 Å². The van der Waals surface area contributed by atoms with Crippen LogP contribution >= 0.6 is 35.6 Å². The van der Waals surface area contributed by atoms with Gasteiger partial charge >= 0.3 is 0 Å². The number of halogens is 2. The lowest BCUT2D eigenvalue weighted by atomic mass is 10.4. The summed E-state index contributed by atoms with van der Waals surface area (Å²) >= 11 is 6.02. The molecule has 27 heavy (non-hydrogen) atoms. The molecule has 0 saturated carbocycles. The molecule has 0 radical (unpaired) electrons. The van der Waals surface area contributed by atoms with E-state index >= 15 is 0 Å². The molecule has 0 unspecified atom stereocenters. The van der Waals surface area contributed by atoms with Gasteiger partial charge in [-0.2, -0.15) is 0 Å². The summed E-state index contributed by atoms with van der Waals surface area (Å²) < 4.78 is 26.5. The van der Waals surface area contributed by atoms with E-state index in [9.17, 15) is 8.42 Å². The number of nitrogens with one attached hydrogen (secondary N) is 1. The Morgan fingerprint density at radius 2 is 1.96 bits per heavy atom. The van der Waals surface area contributed by atoms with E-state index in [0.717, 1.165) is 5.69 Å². The van der Waals surface area contributed by atoms with E-state index in [1.54, 1.807) is 37.4 Å². The van der Waals surface area contributed by atoms with E-state index in [1.807, 2.05) is 35.8 Å². The first-order valence-corrected chi connectivity index (χ1v) is 10.4. The van der Waals surface area contributed by atoms with E-state index in [-0.39, 0.29) is 29.7 Å². The molecule has 0 saturated heterocycles. The van der Waals surface area contributed by atoms with Crippen LogP contribution in [0.3, 0.4) is 0 Å². The Hall–Kier alpha value is -1.26. The van der Waals surface area contributed by atoms with Crippen LogP contribution in [0.5, 0.6) is 0 Å². The lowest BCUT2D eigenvalue weighted by Crippen LogP contribution is -2.39. The molecule has 0 amide bonds. The van der Waals surface area contributed by atoms with Crippen molar-refractivity contribution in [3.8, 4) is 0 Å². The summed E-state index contributed by atoms with van der Waals surface area (Å²) in [5, 5.41) is 3.91. The minimum Gasteiger partial charge on any atom is -0.356 e. The monoisotopic (exact) mass is 524 g/mol. The Labute approximate surface area is 183 Å². The summed E-state index contributed by atoms with van der Waals surface area (Å²) in [5.41, 5.74) is 1.06. The smallest absolute Gasteiger partial charge is 0.193 e. The third kappa shape index (κ3) is 7.00. The van der Waals surface area contributed by atoms with E-state index in [1.165, 1.54) is 0 Å². The highest BCUT2D eigenvalue weighted by molar-refractivity contribution is 14.0. The van der Waals surface area contributed by atoms with E-state index in [0.29, 0.717) is 35.4 Å². The fourth-order valence-electron chi connectivity index (χ4n) is 2.63. The molecule has 2 aromatic rings. The topological polar surface area (TPSA) is 66.7 Å². The molecule has 0 fully saturated rings. The van der Waals surface area contributed by atoms with Gasteiger partial charge in [0, 0.05) is 39.6 Å². The lowest BCUT2D eigenvalue weighted by molar-refractivity contribution is 0.462. The van der Waals surface area contributed by atoms with Crippen molar-refractivity contribution in [1.29, 1.82) is 0 Å². The van der Waals surface area contributed by atoms with E-state index < -0.39 is 9.84 Å². The standard InChI is InChI=1S/C18H25ClN4O2S.HI/c1-20-18(23(3)14-16-12-15(19)13-22(16)2)21-10-7-11-26(24,25)17-8-5-4-6-9-17;/h4-6,8-9,12-13H,7,10-11,14H2,1-3H3,(H,20,21);1H. The Morgan fingerprint density at radius 1 is 1.30 bits per heavy atom. The first-order valence-electron chi connectivity index (χ1n) is 8.34. The average Bonchev–Trinajstić information content (AvgIpc) is 2.92. The number of rotatable bonds is 7. The molecule has 9 heteroatoms. The van der Waals surface area contributed by atoms with Crippen LogP contribution in [-0.2, 0) is 23.4 Å². The van der Waals surface area contributed by atoms with Gasteiger partial charge in [-0.3, -0.25) is 4.99 Å². The predicted molar refractivity (Wildman–Crippen MR) is 122 cm³/mol. The Kier molecular flexibility index (Phi) is 9.61. The molecular weight excluding hydrogens is 499 g/mol.